The normalized spacial score (nSPS) is 16.5. The van der Waals surface area contributed by atoms with E-state index in [1.54, 1.807) is 13.2 Å². The summed E-state index contributed by atoms with van der Waals surface area (Å²) in [5.41, 5.74) is 1.24. The second-order valence-electron chi connectivity index (χ2n) is 4.01. The number of nitrogens with one attached hydrogen (secondary N) is 2. The van der Waals surface area contributed by atoms with E-state index in [0.717, 1.165) is 31.7 Å². The number of nitrogens with zero attached hydrogens (tertiary/aromatic N) is 1. The van der Waals surface area contributed by atoms with E-state index in [1.807, 2.05) is 12.1 Å². The topological polar surface area (TPSA) is 63.2 Å². The zero-order valence-corrected chi connectivity index (χ0v) is 9.90. The van der Waals surface area contributed by atoms with E-state index in [4.69, 9.17) is 4.74 Å². The van der Waals surface area contributed by atoms with Crippen LogP contribution in [-0.4, -0.2) is 37.2 Å². The first kappa shape index (κ1) is 11.9. The molecule has 0 radical (unpaired) electrons. The van der Waals surface area contributed by atoms with Gasteiger partial charge >= 0.3 is 0 Å². The molecule has 92 valence electrons. The molecule has 5 nitrogen and oxygen atoms in total. The minimum atomic E-state index is -0.167. The molecule has 1 aromatic rings. The summed E-state index contributed by atoms with van der Waals surface area (Å²) in [7, 11) is 1.61. The van der Waals surface area contributed by atoms with E-state index in [2.05, 4.69) is 15.6 Å². The van der Waals surface area contributed by atoms with Crippen LogP contribution < -0.4 is 10.6 Å². The SMILES string of the molecule is CNC(=O)c1ncccc1NC1CCOCC1. The quantitative estimate of drug-likeness (QED) is 0.821. The van der Waals surface area contributed by atoms with Gasteiger partial charge in [-0.1, -0.05) is 0 Å². The largest absolute Gasteiger partial charge is 0.381 e. The Morgan fingerprint density at radius 1 is 1.47 bits per heavy atom. The van der Waals surface area contributed by atoms with E-state index < -0.39 is 0 Å². The molecule has 0 unspecified atom stereocenters. The van der Waals surface area contributed by atoms with Crippen LogP contribution in [-0.2, 0) is 4.74 Å². The molecule has 0 aromatic carbocycles. The molecule has 0 spiro atoms. The molecule has 1 aliphatic rings. The molecule has 17 heavy (non-hydrogen) atoms. The Morgan fingerprint density at radius 2 is 2.24 bits per heavy atom. The van der Waals surface area contributed by atoms with E-state index in [1.165, 1.54) is 0 Å². The van der Waals surface area contributed by atoms with Gasteiger partial charge in [0.25, 0.3) is 5.91 Å². The second-order valence-corrected chi connectivity index (χ2v) is 4.01. The molecule has 1 amide bonds. The van der Waals surface area contributed by atoms with Crippen LogP contribution in [0, 0.1) is 0 Å². The fraction of sp³-hybridized carbons (Fsp3) is 0.500. The Labute approximate surface area is 101 Å². The average molecular weight is 235 g/mol. The Balaban J connectivity index is 2.11. The van der Waals surface area contributed by atoms with Gasteiger partial charge in [0.05, 0.1) is 5.69 Å². The second kappa shape index (κ2) is 5.63. The molecule has 0 saturated carbocycles. The fourth-order valence-electron chi connectivity index (χ4n) is 1.88. The molecule has 0 aliphatic carbocycles. The molecule has 2 N–H and O–H groups in total. The predicted molar refractivity (Wildman–Crippen MR) is 65.1 cm³/mol. The number of carbonyl (C=O) groups is 1. The summed E-state index contributed by atoms with van der Waals surface area (Å²) in [6, 6.07) is 4.07. The highest BCUT2D eigenvalue weighted by Crippen LogP contribution is 2.17. The van der Waals surface area contributed by atoms with Crippen molar-refractivity contribution in [2.45, 2.75) is 18.9 Å². The van der Waals surface area contributed by atoms with Crippen LogP contribution in [0.15, 0.2) is 18.3 Å². The van der Waals surface area contributed by atoms with Crippen LogP contribution in [0.2, 0.25) is 0 Å². The van der Waals surface area contributed by atoms with Gasteiger partial charge < -0.3 is 15.4 Å². The van der Waals surface area contributed by atoms with Gasteiger partial charge in [0.15, 0.2) is 5.69 Å². The maximum absolute atomic E-state index is 11.6. The van der Waals surface area contributed by atoms with Crippen molar-refractivity contribution in [3.05, 3.63) is 24.0 Å². The first-order valence-electron chi connectivity index (χ1n) is 5.82. The molecule has 2 heterocycles. The van der Waals surface area contributed by atoms with Crippen molar-refractivity contribution in [1.82, 2.24) is 10.3 Å². The fourth-order valence-corrected chi connectivity index (χ4v) is 1.88. The molecule has 1 fully saturated rings. The maximum Gasteiger partial charge on any atom is 0.271 e. The Kier molecular flexibility index (Phi) is 3.93. The number of rotatable bonds is 3. The van der Waals surface area contributed by atoms with Crippen molar-refractivity contribution >= 4 is 11.6 Å². The lowest BCUT2D eigenvalue weighted by molar-refractivity contribution is 0.0903. The van der Waals surface area contributed by atoms with Gasteiger partial charge in [0.2, 0.25) is 0 Å². The monoisotopic (exact) mass is 235 g/mol. The van der Waals surface area contributed by atoms with E-state index in [9.17, 15) is 4.79 Å². The van der Waals surface area contributed by atoms with Gasteiger partial charge in [0.1, 0.15) is 0 Å². The van der Waals surface area contributed by atoms with Crippen molar-refractivity contribution in [2.24, 2.45) is 0 Å². The van der Waals surface area contributed by atoms with Gasteiger partial charge in [-0.25, -0.2) is 4.98 Å². The number of hydrogen-bond acceptors (Lipinski definition) is 4. The lowest BCUT2D eigenvalue weighted by Crippen LogP contribution is -2.29. The van der Waals surface area contributed by atoms with Crippen LogP contribution in [0.5, 0.6) is 0 Å². The number of aromatic nitrogens is 1. The van der Waals surface area contributed by atoms with Crippen molar-refractivity contribution in [3.63, 3.8) is 0 Å². The first-order valence-corrected chi connectivity index (χ1v) is 5.82. The van der Waals surface area contributed by atoms with Crippen molar-refractivity contribution in [1.29, 1.82) is 0 Å². The zero-order chi connectivity index (χ0) is 12.1. The van der Waals surface area contributed by atoms with Crippen LogP contribution in [0.4, 0.5) is 5.69 Å². The summed E-state index contributed by atoms with van der Waals surface area (Å²) >= 11 is 0. The first-order chi connectivity index (χ1) is 8.31. The van der Waals surface area contributed by atoms with E-state index in [-0.39, 0.29) is 5.91 Å². The lowest BCUT2D eigenvalue weighted by Gasteiger charge is -2.24. The third kappa shape index (κ3) is 2.94. The number of carbonyl (C=O) groups excluding carboxylic acids is 1. The summed E-state index contributed by atoms with van der Waals surface area (Å²) in [4.78, 5) is 15.7. The summed E-state index contributed by atoms with van der Waals surface area (Å²) < 4.78 is 5.30. The smallest absolute Gasteiger partial charge is 0.271 e. The minimum absolute atomic E-state index is 0.167. The van der Waals surface area contributed by atoms with Gasteiger partial charge in [-0.3, -0.25) is 4.79 Å². The van der Waals surface area contributed by atoms with Gasteiger partial charge in [-0.2, -0.15) is 0 Å². The van der Waals surface area contributed by atoms with Gasteiger partial charge in [-0.15, -0.1) is 0 Å². The molecule has 0 bridgehead atoms. The summed E-state index contributed by atoms with van der Waals surface area (Å²) in [6.45, 7) is 1.54. The maximum atomic E-state index is 11.6. The lowest BCUT2D eigenvalue weighted by atomic mass is 10.1. The standard InChI is InChI=1S/C12H17N3O2/c1-13-12(16)11-10(3-2-6-14-11)15-9-4-7-17-8-5-9/h2-3,6,9,15H,4-5,7-8H2,1H3,(H,13,16). The summed E-state index contributed by atoms with van der Waals surface area (Å²) in [5.74, 6) is -0.167. The van der Waals surface area contributed by atoms with Crippen LogP contribution in [0.3, 0.4) is 0 Å². The molecule has 1 aliphatic heterocycles. The average Bonchev–Trinajstić information content (AvgIpc) is 2.40. The third-order valence-electron chi connectivity index (χ3n) is 2.83. The molecule has 0 atom stereocenters. The number of anilines is 1. The Hall–Kier alpha value is -1.62. The zero-order valence-electron chi connectivity index (χ0n) is 9.90. The van der Waals surface area contributed by atoms with Crippen LogP contribution in [0.1, 0.15) is 23.3 Å². The van der Waals surface area contributed by atoms with E-state index >= 15 is 0 Å². The van der Waals surface area contributed by atoms with E-state index in [0.29, 0.717) is 11.7 Å². The Morgan fingerprint density at radius 3 is 2.94 bits per heavy atom. The number of pyridine rings is 1. The minimum Gasteiger partial charge on any atom is -0.381 e. The highest BCUT2D eigenvalue weighted by atomic mass is 16.5. The Bertz CT molecular complexity index is 389. The molecular weight excluding hydrogens is 218 g/mol. The highest BCUT2D eigenvalue weighted by molar-refractivity contribution is 5.97. The highest BCUT2D eigenvalue weighted by Gasteiger charge is 2.17. The van der Waals surface area contributed by atoms with Crippen LogP contribution >= 0.6 is 0 Å². The van der Waals surface area contributed by atoms with Gasteiger partial charge in [-0.05, 0) is 25.0 Å². The molecule has 1 saturated heterocycles. The molecular formula is C12H17N3O2. The molecule has 1 aromatic heterocycles. The number of hydrogen-bond donors (Lipinski definition) is 2. The molecule has 2 rings (SSSR count). The van der Waals surface area contributed by atoms with Crippen molar-refractivity contribution < 1.29 is 9.53 Å². The summed E-state index contributed by atoms with van der Waals surface area (Å²) in [5, 5.41) is 5.95. The molecule has 5 heteroatoms. The predicted octanol–water partition coefficient (Wildman–Crippen LogP) is 1.03. The summed E-state index contributed by atoms with van der Waals surface area (Å²) in [6.07, 6.45) is 3.55. The number of ether oxygens (including phenoxy) is 1. The number of amides is 1. The van der Waals surface area contributed by atoms with Crippen molar-refractivity contribution in [2.75, 3.05) is 25.6 Å². The third-order valence-corrected chi connectivity index (χ3v) is 2.83. The van der Waals surface area contributed by atoms with Crippen LogP contribution in [0.25, 0.3) is 0 Å². The van der Waals surface area contributed by atoms with Gasteiger partial charge in [0, 0.05) is 32.5 Å². The van der Waals surface area contributed by atoms with Crippen molar-refractivity contribution in [3.8, 4) is 0 Å².